The summed E-state index contributed by atoms with van der Waals surface area (Å²) in [7, 11) is 0. The van der Waals surface area contributed by atoms with Crippen LogP contribution in [0.25, 0.3) is 0 Å². The molecule has 2 aliphatic rings. The highest BCUT2D eigenvalue weighted by molar-refractivity contribution is 7.75. The first kappa shape index (κ1) is 9.38. The van der Waals surface area contributed by atoms with Crippen molar-refractivity contribution in [1.29, 1.82) is 0 Å². The zero-order chi connectivity index (χ0) is 9.69. The van der Waals surface area contributed by atoms with Crippen molar-refractivity contribution in [1.82, 2.24) is 0 Å². The van der Waals surface area contributed by atoms with Crippen LogP contribution in [0.1, 0.15) is 40.0 Å². The van der Waals surface area contributed by atoms with Gasteiger partial charge in [0, 0.05) is 5.41 Å². The van der Waals surface area contributed by atoms with E-state index < -0.39 is 0 Å². The molecular weight excluding hydrogens is 182 g/mol. The van der Waals surface area contributed by atoms with Crippen LogP contribution in [0.3, 0.4) is 0 Å². The van der Waals surface area contributed by atoms with Crippen LogP contribution < -0.4 is 0 Å². The number of thiol groups is 1. The predicted octanol–water partition coefficient (Wildman–Crippen LogP) is 3.05. The van der Waals surface area contributed by atoms with E-state index in [9.17, 15) is 0 Å². The summed E-state index contributed by atoms with van der Waals surface area (Å²) < 4.78 is 4.62. The van der Waals surface area contributed by atoms with E-state index in [2.05, 4.69) is 43.1 Å². The Kier molecular flexibility index (Phi) is 1.92. The van der Waals surface area contributed by atoms with Crippen molar-refractivity contribution in [3.8, 4) is 0 Å². The molecule has 2 atom stereocenters. The first-order valence-electron chi connectivity index (χ1n) is 4.90. The van der Waals surface area contributed by atoms with Gasteiger partial charge in [0.2, 0.25) is 0 Å². The largest absolute Gasteiger partial charge is 0.326 e. The summed E-state index contributed by atoms with van der Waals surface area (Å²) >= 11 is 3.70. The summed E-state index contributed by atoms with van der Waals surface area (Å²) in [5, 5.41) is 4.05. The molecule has 0 N–H and O–H groups in total. The van der Waals surface area contributed by atoms with Crippen LogP contribution >= 0.6 is 12.9 Å². The zero-order valence-electron chi connectivity index (χ0n) is 8.50. The minimum absolute atomic E-state index is 0.250. The van der Waals surface area contributed by atoms with Crippen molar-refractivity contribution in [2.24, 2.45) is 21.9 Å². The summed E-state index contributed by atoms with van der Waals surface area (Å²) in [6.45, 7) is 7.02. The van der Waals surface area contributed by atoms with E-state index in [0.29, 0.717) is 5.41 Å². The second-order valence-corrected chi connectivity index (χ2v) is 5.28. The molecular formula is C10H17NOS. The third-order valence-corrected chi connectivity index (χ3v) is 4.74. The molecule has 0 spiro atoms. The quantitative estimate of drug-likeness (QED) is 0.391. The minimum Gasteiger partial charge on any atom is -0.326 e. The van der Waals surface area contributed by atoms with Gasteiger partial charge in [-0.15, -0.1) is 0 Å². The monoisotopic (exact) mass is 199 g/mol. The molecule has 74 valence electrons. The molecule has 3 heteroatoms. The van der Waals surface area contributed by atoms with Gasteiger partial charge in [0.1, 0.15) is 0 Å². The number of hydrogen-bond donors (Lipinski definition) is 1. The molecule has 0 aromatic rings. The fourth-order valence-corrected chi connectivity index (χ4v) is 3.21. The molecule has 2 saturated carbocycles. The van der Waals surface area contributed by atoms with Crippen molar-refractivity contribution < 1.29 is 4.28 Å². The molecule has 0 heterocycles. The fraction of sp³-hybridized carbons (Fsp3) is 0.900. The van der Waals surface area contributed by atoms with E-state index >= 15 is 0 Å². The molecule has 0 aliphatic heterocycles. The van der Waals surface area contributed by atoms with Crippen LogP contribution in [0.2, 0.25) is 0 Å². The Hall–Kier alpha value is -0.180. The van der Waals surface area contributed by atoms with Gasteiger partial charge in [-0.1, -0.05) is 25.9 Å². The molecule has 2 nitrogen and oxygen atoms in total. The maximum atomic E-state index is 4.62. The van der Waals surface area contributed by atoms with Crippen LogP contribution in [0.4, 0.5) is 0 Å². The SMILES string of the molecule is CC12CCC(CC1=NOS)C2(C)C. The van der Waals surface area contributed by atoms with Gasteiger partial charge in [-0.05, 0) is 30.6 Å². The molecule has 2 aliphatic carbocycles. The topological polar surface area (TPSA) is 21.6 Å². The Morgan fingerprint density at radius 3 is 2.54 bits per heavy atom. The first-order valence-corrected chi connectivity index (χ1v) is 5.27. The third kappa shape index (κ3) is 0.997. The predicted molar refractivity (Wildman–Crippen MR) is 56.7 cm³/mol. The van der Waals surface area contributed by atoms with Crippen LogP contribution in [0.5, 0.6) is 0 Å². The summed E-state index contributed by atoms with van der Waals surface area (Å²) in [5.74, 6) is 0.791. The Balaban J connectivity index is 2.38. The Labute approximate surface area is 85.3 Å². The standard InChI is InChI=1S/C10H17NOS/c1-9(2)7-4-5-10(9,3)8(6-7)11-12-13/h7,13H,4-6H2,1-3H3. The van der Waals surface area contributed by atoms with Gasteiger partial charge in [-0.2, -0.15) is 0 Å². The van der Waals surface area contributed by atoms with Gasteiger partial charge in [-0.3, -0.25) is 0 Å². The van der Waals surface area contributed by atoms with Crippen molar-refractivity contribution >= 4 is 18.6 Å². The summed E-state index contributed by atoms with van der Waals surface area (Å²) in [4.78, 5) is 0. The maximum absolute atomic E-state index is 4.62. The first-order chi connectivity index (χ1) is 6.02. The summed E-state index contributed by atoms with van der Waals surface area (Å²) in [6.07, 6.45) is 3.69. The van der Waals surface area contributed by atoms with E-state index in [0.717, 1.165) is 12.3 Å². The number of rotatable bonds is 1. The van der Waals surface area contributed by atoms with E-state index in [4.69, 9.17) is 0 Å². The molecule has 0 aromatic heterocycles. The van der Waals surface area contributed by atoms with Gasteiger partial charge in [-0.25, -0.2) is 0 Å². The average Bonchev–Trinajstić information content (AvgIpc) is 2.37. The van der Waals surface area contributed by atoms with Crippen LogP contribution in [-0.4, -0.2) is 5.71 Å². The van der Waals surface area contributed by atoms with Crippen LogP contribution in [0.15, 0.2) is 5.16 Å². The number of nitrogens with zero attached hydrogens (tertiary/aromatic N) is 1. The summed E-state index contributed by atoms with van der Waals surface area (Å²) in [6, 6.07) is 0. The normalized spacial score (nSPS) is 44.3. The molecule has 2 unspecified atom stereocenters. The lowest BCUT2D eigenvalue weighted by atomic mass is 9.70. The molecule has 0 saturated heterocycles. The van der Waals surface area contributed by atoms with Crippen LogP contribution in [-0.2, 0) is 4.28 Å². The molecule has 2 rings (SSSR count). The number of hydrogen-bond acceptors (Lipinski definition) is 3. The van der Waals surface area contributed by atoms with E-state index in [1.165, 1.54) is 18.6 Å². The van der Waals surface area contributed by atoms with Gasteiger partial charge < -0.3 is 4.28 Å². The Morgan fingerprint density at radius 1 is 1.46 bits per heavy atom. The van der Waals surface area contributed by atoms with Gasteiger partial charge in [0.05, 0.1) is 18.6 Å². The highest BCUT2D eigenvalue weighted by Crippen LogP contribution is 2.63. The van der Waals surface area contributed by atoms with Crippen molar-refractivity contribution in [2.75, 3.05) is 0 Å². The van der Waals surface area contributed by atoms with Gasteiger partial charge in [0.15, 0.2) is 0 Å². The molecule has 2 fully saturated rings. The van der Waals surface area contributed by atoms with Crippen molar-refractivity contribution in [3.05, 3.63) is 0 Å². The zero-order valence-corrected chi connectivity index (χ0v) is 9.40. The molecule has 2 bridgehead atoms. The maximum Gasteiger partial charge on any atom is 0.0715 e. The van der Waals surface area contributed by atoms with Crippen LogP contribution in [0, 0.1) is 16.7 Å². The molecule has 13 heavy (non-hydrogen) atoms. The van der Waals surface area contributed by atoms with E-state index in [1.807, 2.05) is 0 Å². The average molecular weight is 199 g/mol. The second-order valence-electron chi connectivity index (χ2n) is 5.11. The third-order valence-electron chi connectivity index (χ3n) is 4.66. The van der Waals surface area contributed by atoms with Gasteiger partial charge in [0.25, 0.3) is 0 Å². The molecule has 0 amide bonds. The lowest BCUT2D eigenvalue weighted by Crippen LogP contribution is -2.32. The Bertz CT molecular complexity index is 262. The van der Waals surface area contributed by atoms with E-state index in [-0.39, 0.29) is 5.41 Å². The Morgan fingerprint density at radius 2 is 2.15 bits per heavy atom. The van der Waals surface area contributed by atoms with Crippen molar-refractivity contribution in [2.45, 2.75) is 40.0 Å². The lowest BCUT2D eigenvalue weighted by molar-refractivity contribution is 0.192. The minimum atomic E-state index is 0.250. The highest BCUT2D eigenvalue weighted by atomic mass is 32.1. The smallest absolute Gasteiger partial charge is 0.0715 e. The second kappa shape index (κ2) is 2.66. The molecule has 0 radical (unpaired) electrons. The number of fused-ring (bicyclic) bond motifs is 2. The summed E-state index contributed by atoms with van der Waals surface area (Å²) in [5.41, 5.74) is 1.85. The fourth-order valence-electron chi connectivity index (χ4n) is 3.12. The lowest BCUT2D eigenvalue weighted by Gasteiger charge is -2.33. The highest BCUT2D eigenvalue weighted by Gasteiger charge is 2.60. The van der Waals surface area contributed by atoms with E-state index in [1.54, 1.807) is 0 Å². The van der Waals surface area contributed by atoms with Crippen molar-refractivity contribution in [3.63, 3.8) is 0 Å². The van der Waals surface area contributed by atoms with Gasteiger partial charge >= 0.3 is 0 Å². The molecule has 0 aromatic carbocycles. The number of oxime groups is 1.